The Morgan fingerprint density at radius 3 is 2.84 bits per heavy atom. The zero-order valence-corrected chi connectivity index (χ0v) is 10.5. The van der Waals surface area contributed by atoms with E-state index in [1.165, 1.54) is 0 Å². The zero-order chi connectivity index (χ0) is 12.9. The minimum atomic E-state index is 0.374. The number of benzene rings is 1. The molecule has 1 atom stereocenters. The Labute approximate surface area is 111 Å². The van der Waals surface area contributed by atoms with Crippen molar-refractivity contribution in [2.45, 2.75) is 19.1 Å². The monoisotopic (exact) mass is 260 g/mol. The summed E-state index contributed by atoms with van der Waals surface area (Å²) in [7, 11) is 0. The van der Waals surface area contributed by atoms with Crippen LogP contribution in [0.3, 0.4) is 0 Å². The summed E-state index contributed by atoms with van der Waals surface area (Å²) < 4.78 is 16.2. The van der Waals surface area contributed by atoms with Gasteiger partial charge >= 0.3 is 5.95 Å². The van der Waals surface area contributed by atoms with Gasteiger partial charge in [-0.3, -0.25) is 0 Å². The molecule has 5 heteroatoms. The molecule has 1 aliphatic heterocycles. The number of para-hydroxylation sites is 1. The Bertz CT molecular complexity index is 508. The second kappa shape index (κ2) is 5.75. The molecular weight excluding hydrogens is 244 g/mol. The van der Waals surface area contributed by atoms with Crippen molar-refractivity contribution in [1.29, 1.82) is 0 Å². The molecule has 0 unspecified atom stereocenters. The van der Waals surface area contributed by atoms with E-state index < -0.39 is 0 Å². The van der Waals surface area contributed by atoms with Crippen LogP contribution in [0.4, 0.5) is 0 Å². The van der Waals surface area contributed by atoms with Crippen molar-refractivity contribution >= 4 is 0 Å². The van der Waals surface area contributed by atoms with Crippen molar-refractivity contribution in [2.75, 3.05) is 13.2 Å². The molecule has 2 heterocycles. The van der Waals surface area contributed by atoms with Gasteiger partial charge in [0.1, 0.15) is 24.7 Å². The molecule has 0 saturated carbocycles. The molecule has 2 aromatic rings. The van der Waals surface area contributed by atoms with Gasteiger partial charge in [0.15, 0.2) is 0 Å². The lowest BCUT2D eigenvalue weighted by molar-refractivity contribution is 0.164. The van der Waals surface area contributed by atoms with Crippen LogP contribution in [-0.4, -0.2) is 24.4 Å². The van der Waals surface area contributed by atoms with Gasteiger partial charge in [-0.05, 0) is 25.1 Å². The molecule has 1 aliphatic rings. The fraction of sp³-hybridized carbons (Fsp3) is 0.357. The topological polar surface area (TPSA) is 56.5 Å². The third-order valence-electron chi connectivity index (χ3n) is 3.02. The minimum Gasteiger partial charge on any atom is -0.487 e. The van der Waals surface area contributed by atoms with Crippen LogP contribution in [0.2, 0.25) is 0 Å². The standard InChI is InChI=1S/C14H16N2O3/c1-2-4-13(5-3-1)17-10-12-8-14(19-16-12)18-9-11-6-7-15-11/h1-5,8,11,15H,6-7,9-10H2/t11-/m0/s1. The fourth-order valence-corrected chi connectivity index (χ4v) is 1.78. The van der Waals surface area contributed by atoms with Crippen LogP contribution in [0.15, 0.2) is 40.9 Å². The molecule has 0 aliphatic carbocycles. The lowest BCUT2D eigenvalue weighted by Gasteiger charge is -2.26. The van der Waals surface area contributed by atoms with Gasteiger partial charge in [0.05, 0.1) is 0 Å². The molecule has 5 nitrogen and oxygen atoms in total. The Balaban J connectivity index is 1.47. The normalized spacial score (nSPS) is 17.8. The molecule has 1 N–H and O–H groups in total. The molecule has 3 rings (SSSR count). The zero-order valence-electron chi connectivity index (χ0n) is 10.5. The van der Waals surface area contributed by atoms with E-state index in [1.54, 1.807) is 6.07 Å². The molecule has 19 heavy (non-hydrogen) atoms. The van der Waals surface area contributed by atoms with Gasteiger partial charge in [-0.25, -0.2) is 0 Å². The lowest BCUT2D eigenvalue weighted by Crippen LogP contribution is -2.46. The van der Waals surface area contributed by atoms with E-state index in [2.05, 4.69) is 10.5 Å². The quantitative estimate of drug-likeness (QED) is 0.860. The van der Waals surface area contributed by atoms with Crippen molar-refractivity contribution in [3.63, 3.8) is 0 Å². The SMILES string of the molecule is c1ccc(OCc2cc(OC[C@@H]3CCN3)on2)cc1. The summed E-state index contributed by atoms with van der Waals surface area (Å²) >= 11 is 0. The summed E-state index contributed by atoms with van der Waals surface area (Å²) in [6, 6.07) is 11.8. The van der Waals surface area contributed by atoms with E-state index in [0.29, 0.717) is 25.2 Å². The van der Waals surface area contributed by atoms with Gasteiger partial charge in [0.2, 0.25) is 0 Å². The van der Waals surface area contributed by atoms with Gasteiger partial charge in [0.25, 0.3) is 0 Å². The predicted molar refractivity (Wildman–Crippen MR) is 69.2 cm³/mol. The van der Waals surface area contributed by atoms with Crippen molar-refractivity contribution in [3.05, 3.63) is 42.1 Å². The van der Waals surface area contributed by atoms with Gasteiger partial charge in [0, 0.05) is 12.1 Å². The Morgan fingerprint density at radius 2 is 2.11 bits per heavy atom. The molecule has 1 aromatic carbocycles. The Hall–Kier alpha value is -2.01. The van der Waals surface area contributed by atoms with Crippen LogP contribution in [0, 0.1) is 0 Å². The van der Waals surface area contributed by atoms with Crippen LogP contribution >= 0.6 is 0 Å². The average molecular weight is 260 g/mol. The highest BCUT2D eigenvalue weighted by molar-refractivity contribution is 5.21. The van der Waals surface area contributed by atoms with Crippen LogP contribution in [-0.2, 0) is 6.61 Å². The minimum absolute atomic E-state index is 0.374. The van der Waals surface area contributed by atoms with Crippen molar-refractivity contribution in [2.24, 2.45) is 0 Å². The summed E-state index contributed by atoms with van der Waals surface area (Å²) in [5.41, 5.74) is 0.723. The van der Waals surface area contributed by atoms with Crippen molar-refractivity contribution in [1.82, 2.24) is 10.5 Å². The summed E-state index contributed by atoms with van der Waals surface area (Å²) in [5, 5.41) is 7.17. The molecule has 0 amide bonds. The largest absolute Gasteiger partial charge is 0.487 e. The fourth-order valence-electron chi connectivity index (χ4n) is 1.78. The van der Waals surface area contributed by atoms with E-state index in [9.17, 15) is 0 Å². The molecule has 1 aromatic heterocycles. The summed E-state index contributed by atoms with van der Waals surface area (Å²) in [4.78, 5) is 0. The third kappa shape index (κ3) is 3.26. The summed E-state index contributed by atoms with van der Waals surface area (Å²) in [5.74, 6) is 1.26. The van der Waals surface area contributed by atoms with Crippen LogP contribution < -0.4 is 14.8 Å². The van der Waals surface area contributed by atoms with Crippen LogP contribution in [0.5, 0.6) is 11.7 Å². The van der Waals surface area contributed by atoms with E-state index in [4.69, 9.17) is 14.0 Å². The number of hydrogen-bond acceptors (Lipinski definition) is 5. The first-order valence-corrected chi connectivity index (χ1v) is 6.40. The molecule has 1 saturated heterocycles. The Morgan fingerprint density at radius 1 is 1.26 bits per heavy atom. The Kier molecular flexibility index (Phi) is 3.65. The summed E-state index contributed by atoms with van der Waals surface area (Å²) in [6.07, 6.45) is 1.15. The number of aromatic nitrogens is 1. The van der Waals surface area contributed by atoms with Gasteiger partial charge in [-0.1, -0.05) is 23.4 Å². The van der Waals surface area contributed by atoms with Crippen molar-refractivity contribution in [3.8, 4) is 11.7 Å². The highest BCUT2D eigenvalue weighted by Gasteiger charge is 2.17. The van der Waals surface area contributed by atoms with Gasteiger partial charge < -0.3 is 19.3 Å². The third-order valence-corrected chi connectivity index (χ3v) is 3.02. The lowest BCUT2D eigenvalue weighted by atomic mass is 10.1. The van der Waals surface area contributed by atoms with E-state index in [-0.39, 0.29) is 0 Å². The number of hydrogen-bond donors (Lipinski definition) is 1. The number of nitrogens with one attached hydrogen (secondary N) is 1. The smallest absolute Gasteiger partial charge is 0.311 e. The molecule has 0 spiro atoms. The summed E-state index contributed by atoms with van der Waals surface area (Å²) in [6.45, 7) is 2.06. The molecule has 0 radical (unpaired) electrons. The average Bonchev–Trinajstić information content (AvgIpc) is 2.84. The van der Waals surface area contributed by atoms with Crippen LogP contribution in [0.25, 0.3) is 0 Å². The second-order valence-corrected chi connectivity index (χ2v) is 4.49. The maximum atomic E-state index is 5.57. The van der Waals surface area contributed by atoms with Crippen molar-refractivity contribution < 1.29 is 14.0 Å². The maximum Gasteiger partial charge on any atom is 0.311 e. The van der Waals surface area contributed by atoms with Crippen LogP contribution in [0.1, 0.15) is 12.1 Å². The van der Waals surface area contributed by atoms with E-state index >= 15 is 0 Å². The highest BCUT2D eigenvalue weighted by Crippen LogP contribution is 2.16. The maximum absolute atomic E-state index is 5.57. The van der Waals surface area contributed by atoms with Gasteiger partial charge in [-0.2, -0.15) is 0 Å². The first kappa shape index (κ1) is 12.0. The van der Waals surface area contributed by atoms with Gasteiger partial charge in [-0.15, -0.1) is 0 Å². The predicted octanol–water partition coefficient (Wildman–Crippen LogP) is 1.99. The van der Waals surface area contributed by atoms with E-state index in [1.807, 2.05) is 30.3 Å². The number of nitrogens with zero attached hydrogens (tertiary/aromatic N) is 1. The molecule has 1 fully saturated rings. The molecular formula is C14H16N2O3. The number of rotatable bonds is 6. The highest BCUT2D eigenvalue weighted by atomic mass is 16.6. The first-order valence-electron chi connectivity index (χ1n) is 6.40. The van der Waals surface area contributed by atoms with E-state index in [0.717, 1.165) is 24.4 Å². The number of ether oxygens (including phenoxy) is 2. The second-order valence-electron chi connectivity index (χ2n) is 4.49. The first-order chi connectivity index (χ1) is 9.40. The molecule has 100 valence electrons. The molecule has 0 bridgehead atoms.